The largest absolute Gasteiger partial charge is 0.354 e. The fourth-order valence-electron chi connectivity index (χ4n) is 3.25. The molecule has 0 aromatic rings. The number of nitrogens with two attached hydrogens (primary N) is 1. The number of carbonyl (C=O) groups excluding carboxylic acids is 1. The third-order valence-corrected chi connectivity index (χ3v) is 4.74. The second kappa shape index (κ2) is 7.88. The maximum Gasteiger partial charge on any atom is 0.220 e. The van der Waals surface area contributed by atoms with Crippen LogP contribution in [0.3, 0.4) is 0 Å². The Morgan fingerprint density at radius 1 is 1.26 bits per heavy atom. The summed E-state index contributed by atoms with van der Waals surface area (Å²) in [5.41, 5.74) is 6.02. The molecule has 0 heterocycles. The zero-order valence-corrected chi connectivity index (χ0v) is 13.0. The van der Waals surface area contributed by atoms with E-state index in [9.17, 15) is 4.79 Å². The molecule has 3 heteroatoms. The zero-order chi connectivity index (χ0) is 14.3. The average Bonchev–Trinajstić information content (AvgIpc) is 2.39. The van der Waals surface area contributed by atoms with E-state index in [1.807, 2.05) is 0 Å². The lowest BCUT2D eigenvalue weighted by Crippen LogP contribution is -2.41. The van der Waals surface area contributed by atoms with Crippen molar-refractivity contribution in [2.24, 2.45) is 17.1 Å². The molecule has 2 atom stereocenters. The number of hydrogen-bond acceptors (Lipinski definition) is 2. The van der Waals surface area contributed by atoms with Crippen LogP contribution in [0.2, 0.25) is 0 Å². The number of hydrogen-bond donors (Lipinski definition) is 2. The molecule has 1 fully saturated rings. The minimum Gasteiger partial charge on any atom is -0.354 e. The average molecular weight is 268 g/mol. The molecule has 1 saturated carbocycles. The number of nitrogens with one attached hydrogen (secondary N) is 1. The van der Waals surface area contributed by atoms with E-state index in [2.05, 4.69) is 26.1 Å². The lowest BCUT2D eigenvalue weighted by Gasteiger charge is -2.36. The highest BCUT2D eigenvalue weighted by molar-refractivity contribution is 5.77. The second-order valence-corrected chi connectivity index (χ2v) is 6.66. The van der Waals surface area contributed by atoms with Gasteiger partial charge in [-0.1, -0.05) is 39.5 Å². The van der Waals surface area contributed by atoms with Crippen molar-refractivity contribution >= 4 is 5.91 Å². The van der Waals surface area contributed by atoms with E-state index < -0.39 is 0 Å². The number of carbonyl (C=O) groups is 1. The van der Waals surface area contributed by atoms with E-state index in [0.717, 1.165) is 19.3 Å². The molecule has 1 aliphatic carbocycles. The quantitative estimate of drug-likeness (QED) is 0.745. The molecule has 0 radical (unpaired) electrons. The van der Waals surface area contributed by atoms with Gasteiger partial charge in [-0.2, -0.15) is 0 Å². The summed E-state index contributed by atoms with van der Waals surface area (Å²) in [7, 11) is 0. The Balaban J connectivity index is 2.40. The molecule has 19 heavy (non-hydrogen) atoms. The number of rotatable bonds is 7. The van der Waals surface area contributed by atoms with Crippen molar-refractivity contribution < 1.29 is 4.79 Å². The van der Waals surface area contributed by atoms with Gasteiger partial charge in [0, 0.05) is 12.5 Å². The topological polar surface area (TPSA) is 55.1 Å². The molecule has 0 aromatic heterocycles. The van der Waals surface area contributed by atoms with E-state index in [0.29, 0.717) is 18.9 Å². The molecule has 1 amide bonds. The van der Waals surface area contributed by atoms with E-state index in [4.69, 9.17) is 5.73 Å². The summed E-state index contributed by atoms with van der Waals surface area (Å²) in [4.78, 5) is 12.2. The Kier molecular flexibility index (Phi) is 6.84. The molecular formula is C16H32N2O. The number of amides is 1. The third-order valence-electron chi connectivity index (χ3n) is 4.74. The van der Waals surface area contributed by atoms with E-state index >= 15 is 0 Å². The van der Waals surface area contributed by atoms with Crippen molar-refractivity contribution in [2.75, 3.05) is 6.54 Å². The fourth-order valence-corrected chi connectivity index (χ4v) is 3.25. The summed E-state index contributed by atoms with van der Waals surface area (Å²) in [6, 6.07) is 0.279. The van der Waals surface area contributed by atoms with Crippen LogP contribution >= 0.6 is 0 Å². The van der Waals surface area contributed by atoms with Crippen LogP contribution in [0.1, 0.15) is 72.1 Å². The molecular weight excluding hydrogens is 236 g/mol. The van der Waals surface area contributed by atoms with Gasteiger partial charge in [0.2, 0.25) is 5.91 Å². The van der Waals surface area contributed by atoms with Crippen molar-refractivity contribution in [3.05, 3.63) is 0 Å². The van der Waals surface area contributed by atoms with Crippen molar-refractivity contribution in [1.82, 2.24) is 5.32 Å². The van der Waals surface area contributed by atoms with Gasteiger partial charge in [-0.05, 0) is 44.1 Å². The Labute approximate surface area is 118 Å². The molecule has 2 unspecified atom stereocenters. The summed E-state index contributed by atoms with van der Waals surface area (Å²) in [6.45, 7) is 7.20. The Hall–Kier alpha value is -0.570. The molecule has 1 aliphatic rings. The van der Waals surface area contributed by atoms with Gasteiger partial charge in [0.15, 0.2) is 0 Å². The van der Waals surface area contributed by atoms with Gasteiger partial charge in [0.1, 0.15) is 0 Å². The third kappa shape index (κ3) is 5.52. The van der Waals surface area contributed by atoms with Crippen molar-refractivity contribution in [3.8, 4) is 0 Å². The molecule has 1 rings (SSSR count). The minimum absolute atomic E-state index is 0.0818. The molecule has 0 aliphatic heterocycles. The first-order valence-corrected chi connectivity index (χ1v) is 8.01. The Bertz CT molecular complexity index is 272. The Morgan fingerprint density at radius 2 is 1.89 bits per heavy atom. The van der Waals surface area contributed by atoms with E-state index in [-0.39, 0.29) is 17.4 Å². The van der Waals surface area contributed by atoms with E-state index in [1.165, 1.54) is 25.7 Å². The summed E-state index contributed by atoms with van der Waals surface area (Å²) in [5.74, 6) is 0.872. The Morgan fingerprint density at radius 3 is 2.42 bits per heavy atom. The lowest BCUT2D eigenvalue weighted by molar-refractivity contribution is -0.124. The van der Waals surface area contributed by atoms with Gasteiger partial charge < -0.3 is 11.1 Å². The normalized spacial score (nSPS) is 21.7. The molecule has 0 aromatic carbocycles. The predicted molar refractivity (Wildman–Crippen MR) is 80.9 cm³/mol. The van der Waals surface area contributed by atoms with Gasteiger partial charge in [-0.25, -0.2) is 0 Å². The van der Waals surface area contributed by atoms with Crippen LogP contribution in [0, 0.1) is 11.3 Å². The monoisotopic (exact) mass is 268 g/mol. The highest BCUT2D eigenvalue weighted by Gasteiger charge is 2.33. The summed E-state index contributed by atoms with van der Waals surface area (Å²) in [6.07, 6.45) is 8.86. The first kappa shape index (κ1) is 16.5. The van der Waals surface area contributed by atoms with Crippen LogP contribution in [0.25, 0.3) is 0 Å². The van der Waals surface area contributed by atoms with Crippen LogP contribution in [0.4, 0.5) is 0 Å². The van der Waals surface area contributed by atoms with Crippen LogP contribution in [0.5, 0.6) is 0 Å². The first-order valence-electron chi connectivity index (χ1n) is 8.01. The van der Waals surface area contributed by atoms with Crippen LogP contribution < -0.4 is 11.1 Å². The molecule has 3 N–H and O–H groups in total. The molecule has 0 saturated heterocycles. The SMILES string of the molecule is CCC(C)CC(C)NC(=O)CC1(CN)CCCCC1. The van der Waals surface area contributed by atoms with E-state index in [1.54, 1.807) is 0 Å². The highest BCUT2D eigenvalue weighted by Crippen LogP contribution is 2.38. The summed E-state index contributed by atoms with van der Waals surface area (Å²) < 4.78 is 0. The summed E-state index contributed by atoms with van der Waals surface area (Å²) >= 11 is 0. The molecule has 112 valence electrons. The van der Waals surface area contributed by atoms with Gasteiger partial charge >= 0.3 is 0 Å². The predicted octanol–water partition coefficient (Wildman–Crippen LogP) is 3.23. The van der Waals surface area contributed by atoms with Crippen LogP contribution in [-0.4, -0.2) is 18.5 Å². The minimum atomic E-state index is 0.0818. The van der Waals surface area contributed by atoms with Gasteiger partial charge in [-0.15, -0.1) is 0 Å². The summed E-state index contributed by atoms with van der Waals surface area (Å²) in [5, 5.41) is 3.16. The van der Waals surface area contributed by atoms with Crippen molar-refractivity contribution in [1.29, 1.82) is 0 Å². The van der Waals surface area contributed by atoms with Gasteiger partial charge in [0.25, 0.3) is 0 Å². The van der Waals surface area contributed by atoms with Gasteiger partial charge in [0.05, 0.1) is 0 Å². The smallest absolute Gasteiger partial charge is 0.220 e. The first-order chi connectivity index (χ1) is 9.01. The van der Waals surface area contributed by atoms with Crippen LogP contribution in [0.15, 0.2) is 0 Å². The van der Waals surface area contributed by atoms with Crippen molar-refractivity contribution in [2.45, 2.75) is 78.2 Å². The van der Waals surface area contributed by atoms with Gasteiger partial charge in [-0.3, -0.25) is 4.79 Å². The fraction of sp³-hybridized carbons (Fsp3) is 0.938. The standard InChI is InChI=1S/C16H32N2O/c1-4-13(2)10-14(3)18-15(19)11-16(12-17)8-6-5-7-9-16/h13-14H,4-12,17H2,1-3H3,(H,18,19). The molecule has 0 spiro atoms. The maximum absolute atomic E-state index is 12.2. The molecule has 3 nitrogen and oxygen atoms in total. The van der Waals surface area contributed by atoms with Crippen molar-refractivity contribution in [3.63, 3.8) is 0 Å². The lowest BCUT2D eigenvalue weighted by atomic mass is 9.71. The second-order valence-electron chi connectivity index (χ2n) is 6.66. The zero-order valence-electron chi connectivity index (χ0n) is 13.0. The molecule has 0 bridgehead atoms. The maximum atomic E-state index is 12.2. The highest BCUT2D eigenvalue weighted by atomic mass is 16.1. The van der Waals surface area contributed by atoms with Crippen LogP contribution in [-0.2, 0) is 4.79 Å².